The standard InChI is InChI=1S/C19H21N3O3S3/c1-13-21-17(12-26-13)18-8-7-15(27-18)9-10-20-19(23)14-5-4-6-16(11-14)28(24,25)22(2)3/h4-8,11-12H,9-10H2,1-3H3,(H,20,23). The van der Waals surface area contributed by atoms with E-state index in [1.807, 2.05) is 24.4 Å². The van der Waals surface area contributed by atoms with Gasteiger partial charge in [0, 0.05) is 36.5 Å². The summed E-state index contributed by atoms with van der Waals surface area (Å²) >= 11 is 3.29. The van der Waals surface area contributed by atoms with Crippen molar-refractivity contribution in [2.45, 2.75) is 18.2 Å². The average Bonchev–Trinajstić information content (AvgIpc) is 3.30. The first kappa shape index (κ1) is 20.7. The van der Waals surface area contributed by atoms with Crippen LogP contribution in [0.25, 0.3) is 10.6 Å². The molecule has 0 fully saturated rings. The number of hydrogen-bond acceptors (Lipinski definition) is 6. The molecule has 0 radical (unpaired) electrons. The van der Waals surface area contributed by atoms with Gasteiger partial charge in [0.05, 0.1) is 20.5 Å². The van der Waals surface area contributed by atoms with Gasteiger partial charge in [-0.15, -0.1) is 22.7 Å². The summed E-state index contributed by atoms with van der Waals surface area (Å²) < 4.78 is 25.6. The summed E-state index contributed by atoms with van der Waals surface area (Å²) in [6, 6.07) is 10.2. The van der Waals surface area contributed by atoms with E-state index in [1.54, 1.807) is 34.8 Å². The van der Waals surface area contributed by atoms with E-state index in [9.17, 15) is 13.2 Å². The molecule has 0 saturated heterocycles. The Bertz CT molecular complexity index is 1080. The zero-order chi connectivity index (χ0) is 20.3. The van der Waals surface area contributed by atoms with Crippen molar-refractivity contribution in [3.63, 3.8) is 0 Å². The van der Waals surface area contributed by atoms with Crippen LogP contribution in [0.5, 0.6) is 0 Å². The van der Waals surface area contributed by atoms with E-state index in [1.165, 1.54) is 26.2 Å². The summed E-state index contributed by atoms with van der Waals surface area (Å²) in [5.74, 6) is -0.289. The van der Waals surface area contributed by atoms with Crippen molar-refractivity contribution in [3.8, 4) is 10.6 Å². The molecule has 3 rings (SSSR count). The summed E-state index contributed by atoms with van der Waals surface area (Å²) in [7, 11) is -0.643. The van der Waals surface area contributed by atoms with Crippen LogP contribution in [0, 0.1) is 6.92 Å². The van der Waals surface area contributed by atoms with E-state index >= 15 is 0 Å². The van der Waals surface area contributed by atoms with Gasteiger partial charge >= 0.3 is 0 Å². The zero-order valence-electron chi connectivity index (χ0n) is 15.8. The lowest BCUT2D eigenvalue weighted by atomic mass is 10.2. The molecule has 3 aromatic rings. The highest BCUT2D eigenvalue weighted by Crippen LogP contribution is 2.29. The molecule has 6 nitrogen and oxygen atoms in total. The third-order valence-corrected chi connectivity index (χ3v) is 7.82. The molecule has 148 valence electrons. The lowest BCUT2D eigenvalue weighted by Crippen LogP contribution is -2.26. The fraction of sp³-hybridized carbons (Fsp3) is 0.263. The molecule has 2 aromatic heterocycles. The van der Waals surface area contributed by atoms with Crippen LogP contribution < -0.4 is 5.32 Å². The summed E-state index contributed by atoms with van der Waals surface area (Å²) in [6.07, 6.45) is 0.704. The molecular formula is C19H21N3O3S3. The van der Waals surface area contributed by atoms with Crippen LogP contribution in [0.4, 0.5) is 0 Å². The topological polar surface area (TPSA) is 79.4 Å². The van der Waals surface area contributed by atoms with Crippen molar-refractivity contribution in [1.82, 2.24) is 14.6 Å². The molecule has 1 aromatic carbocycles. The number of sulfonamides is 1. The number of rotatable bonds is 7. The van der Waals surface area contributed by atoms with Crippen LogP contribution in [-0.2, 0) is 16.4 Å². The Balaban J connectivity index is 1.60. The lowest BCUT2D eigenvalue weighted by molar-refractivity contribution is 0.0954. The predicted octanol–water partition coefficient (Wildman–Crippen LogP) is 3.40. The van der Waals surface area contributed by atoms with Crippen molar-refractivity contribution in [1.29, 1.82) is 0 Å². The quantitative estimate of drug-likeness (QED) is 0.617. The first-order valence-corrected chi connectivity index (χ1v) is 11.7. The summed E-state index contributed by atoms with van der Waals surface area (Å²) in [6.45, 7) is 2.45. The Kier molecular flexibility index (Phi) is 6.29. The third-order valence-electron chi connectivity index (χ3n) is 4.06. The molecule has 9 heteroatoms. The predicted molar refractivity (Wildman–Crippen MR) is 114 cm³/mol. The number of amides is 1. The van der Waals surface area contributed by atoms with Crippen molar-refractivity contribution < 1.29 is 13.2 Å². The van der Waals surface area contributed by atoms with Crippen LogP contribution in [0.3, 0.4) is 0 Å². The average molecular weight is 436 g/mol. The number of nitrogens with zero attached hydrogens (tertiary/aromatic N) is 2. The Morgan fingerprint density at radius 2 is 2.00 bits per heavy atom. The van der Waals surface area contributed by atoms with Crippen LogP contribution in [0.1, 0.15) is 20.2 Å². The number of aromatic nitrogens is 1. The molecule has 0 aliphatic heterocycles. The summed E-state index contributed by atoms with van der Waals surface area (Å²) in [5, 5.41) is 5.94. The Morgan fingerprint density at radius 3 is 2.68 bits per heavy atom. The fourth-order valence-electron chi connectivity index (χ4n) is 2.54. The van der Waals surface area contributed by atoms with Crippen LogP contribution in [0.2, 0.25) is 0 Å². The minimum Gasteiger partial charge on any atom is -0.352 e. The highest BCUT2D eigenvalue weighted by molar-refractivity contribution is 7.89. The number of carbonyl (C=O) groups excluding carboxylic acids is 1. The van der Waals surface area contributed by atoms with Crippen LogP contribution in [-0.4, -0.2) is 44.3 Å². The van der Waals surface area contributed by atoms with E-state index in [-0.39, 0.29) is 10.8 Å². The summed E-state index contributed by atoms with van der Waals surface area (Å²) in [4.78, 5) is 19.3. The van der Waals surface area contributed by atoms with E-state index in [0.717, 1.165) is 24.8 Å². The SMILES string of the molecule is Cc1nc(-c2ccc(CCNC(=O)c3cccc(S(=O)(=O)N(C)C)c3)s2)cs1. The van der Waals surface area contributed by atoms with Gasteiger partial charge < -0.3 is 5.32 Å². The minimum absolute atomic E-state index is 0.103. The fourth-order valence-corrected chi connectivity index (χ4v) is 5.14. The molecule has 0 bridgehead atoms. The second-order valence-corrected chi connectivity index (χ2v) is 10.7. The summed E-state index contributed by atoms with van der Waals surface area (Å²) in [5.41, 5.74) is 1.31. The maximum atomic E-state index is 12.4. The first-order valence-electron chi connectivity index (χ1n) is 8.59. The van der Waals surface area contributed by atoms with E-state index in [0.29, 0.717) is 18.5 Å². The van der Waals surface area contributed by atoms with Gasteiger partial charge in [-0.1, -0.05) is 6.07 Å². The van der Waals surface area contributed by atoms with Gasteiger partial charge in [0.15, 0.2) is 0 Å². The third kappa shape index (κ3) is 4.67. The van der Waals surface area contributed by atoms with Gasteiger partial charge in [0.1, 0.15) is 0 Å². The van der Waals surface area contributed by atoms with E-state index in [4.69, 9.17) is 0 Å². The maximum absolute atomic E-state index is 12.4. The number of thiophene rings is 1. The molecule has 0 unspecified atom stereocenters. The molecule has 2 heterocycles. The molecule has 28 heavy (non-hydrogen) atoms. The number of hydrogen-bond donors (Lipinski definition) is 1. The van der Waals surface area contributed by atoms with Crippen LogP contribution >= 0.6 is 22.7 Å². The highest BCUT2D eigenvalue weighted by atomic mass is 32.2. The number of benzene rings is 1. The van der Waals surface area contributed by atoms with Crippen LogP contribution in [0.15, 0.2) is 46.7 Å². The second-order valence-electron chi connectivity index (χ2n) is 6.34. The molecule has 0 aliphatic carbocycles. The molecule has 0 aliphatic rings. The lowest BCUT2D eigenvalue weighted by Gasteiger charge is -2.12. The number of aryl methyl sites for hydroxylation is 1. The van der Waals surface area contributed by atoms with Gasteiger partial charge in [-0.3, -0.25) is 4.79 Å². The van der Waals surface area contributed by atoms with Crippen molar-refractivity contribution in [3.05, 3.63) is 57.2 Å². The molecule has 1 N–H and O–H groups in total. The second kappa shape index (κ2) is 8.52. The normalized spacial score (nSPS) is 11.7. The van der Waals surface area contributed by atoms with E-state index in [2.05, 4.69) is 10.3 Å². The molecule has 0 atom stereocenters. The largest absolute Gasteiger partial charge is 0.352 e. The number of nitrogens with one attached hydrogen (secondary N) is 1. The van der Waals surface area contributed by atoms with Crippen molar-refractivity contribution >= 4 is 38.6 Å². The number of carbonyl (C=O) groups is 1. The molecule has 1 amide bonds. The van der Waals surface area contributed by atoms with Gasteiger partial charge in [0.25, 0.3) is 5.91 Å². The monoisotopic (exact) mass is 435 g/mol. The Hall–Kier alpha value is -2.07. The van der Waals surface area contributed by atoms with Gasteiger partial charge in [0.2, 0.25) is 10.0 Å². The highest BCUT2D eigenvalue weighted by Gasteiger charge is 2.18. The zero-order valence-corrected chi connectivity index (χ0v) is 18.2. The Labute approximate surface area is 172 Å². The van der Waals surface area contributed by atoms with Gasteiger partial charge in [-0.05, 0) is 43.7 Å². The smallest absolute Gasteiger partial charge is 0.251 e. The van der Waals surface area contributed by atoms with Crippen molar-refractivity contribution in [2.75, 3.05) is 20.6 Å². The maximum Gasteiger partial charge on any atom is 0.251 e. The minimum atomic E-state index is -3.57. The molecule has 0 spiro atoms. The van der Waals surface area contributed by atoms with Gasteiger partial charge in [-0.25, -0.2) is 17.7 Å². The number of thiazole rings is 1. The molecule has 0 saturated carbocycles. The van der Waals surface area contributed by atoms with E-state index < -0.39 is 10.0 Å². The Morgan fingerprint density at radius 1 is 1.21 bits per heavy atom. The first-order chi connectivity index (χ1) is 13.3. The van der Waals surface area contributed by atoms with Crippen molar-refractivity contribution in [2.24, 2.45) is 0 Å². The molecular weight excluding hydrogens is 414 g/mol. The van der Waals surface area contributed by atoms with Gasteiger partial charge in [-0.2, -0.15) is 0 Å².